The lowest BCUT2D eigenvalue weighted by Crippen LogP contribution is -2.53. The van der Waals surface area contributed by atoms with Crippen LogP contribution in [0.4, 0.5) is 0 Å². The van der Waals surface area contributed by atoms with Gasteiger partial charge in [-0.15, -0.1) is 0 Å². The monoisotopic (exact) mass is 413 g/mol. The standard InChI is InChI=1S/C25H39N3O2/c1-19(2)16-24(29)28-18-21-11-8-7-10-20(21)17-23(28)25(30)26-14-9-15-27(3)22-12-5-4-6-13-22/h7-8,10-11,19,22-23H,4-6,9,12-18H2,1-3H3,(H,26,30). The van der Waals surface area contributed by atoms with Gasteiger partial charge in [0.1, 0.15) is 6.04 Å². The Morgan fingerprint density at radius 3 is 2.53 bits per heavy atom. The molecule has 0 spiro atoms. The summed E-state index contributed by atoms with van der Waals surface area (Å²) in [5.74, 6) is 0.354. The van der Waals surface area contributed by atoms with Crippen molar-refractivity contribution in [2.45, 2.75) is 83.8 Å². The third kappa shape index (κ3) is 6.07. The maximum Gasteiger partial charge on any atom is 0.243 e. The van der Waals surface area contributed by atoms with Gasteiger partial charge >= 0.3 is 0 Å². The van der Waals surface area contributed by atoms with Gasteiger partial charge in [-0.05, 0) is 49.9 Å². The fraction of sp³-hybridized carbons (Fsp3) is 0.680. The highest BCUT2D eigenvalue weighted by Crippen LogP contribution is 2.25. The molecule has 0 bridgehead atoms. The largest absolute Gasteiger partial charge is 0.354 e. The summed E-state index contributed by atoms with van der Waals surface area (Å²) in [5.41, 5.74) is 2.34. The highest BCUT2D eigenvalue weighted by Gasteiger charge is 2.34. The SMILES string of the molecule is CC(C)CC(=O)N1Cc2ccccc2CC1C(=O)NCCCN(C)C1CCCCC1. The molecule has 5 nitrogen and oxygen atoms in total. The Hall–Kier alpha value is -1.88. The summed E-state index contributed by atoms with van der Waals surface area (Å²) >= 11 is 0. The number of nitrogens with one attached hydrogen (secondary N) is 1. The molecule has 5 heteroatoms. The van der Waals surface area contributed by atoms with E-state index in [1.165, 1.54) is 37.7 Å². The molecule has 1 aromatic carbocycles. The lowest BCUT2D eigenvalue weighted by Gasteiger charge is -2.36. The Bertz CT molecular complexity index is 712. The molecule has 2 aliphatic rings. The molecule has 2 amide bonds. The quantitative estimate of drug-likeness (QED) is 0.660. The summed E-state index contributed by atoms with van der Waals surface area (Å²) < 4.78 is 0. The summed E-state index contributed by atoms with van der Waals surface area (Å²) in [6, 6.07) is 8.48. The minimum absolute atomic E-state index is 0.0121. The van der Waals surface area contributed by atoms with E-state index < -0.39 is 6.04 Å². The van der Waals surface area contributed by atoms with Gasteiger partial charge in [-0.3, -0.25) is 9.59 Å². The minimum atomic E-state index is -0.401. The molecule has 1 heterocycles. The van der Waals surface area contributed by atoms with E-state index in [1.807, 2.05) is 26.0 Å². The van der Waals surface area contributed by atoms with E-state index in [-0.39, 0.29) is 17.7 Å². The number of hydrogen-bond acceptors (Lipinski definition) is 3. The maximum atomic E-state index is 13.0. The fourth-order valence-electron chi connectivity index (χ4n) is 4.85. The molecule has 1 saturated carbocycles. The van der Waals surface area contributed by atoms with Crippen molar-refractivity contribution in [2.24, 2.45) is 5.92 Å². The Morgan fingerprint density at radius 2 is 1.83 bits per heavy atom. The van der Waals surface area contributed by atoms with E-state index in [0.717, 1.165) is 18.5 Å². The molecule has 1 atom stereocenters. The van der Waals surface area contributed by atoms with Crippen molar-refractivity contribution in [1.82, 2.24) is 15.1 Å². The van der Waals surface area contributed by atoms with Gasteiger partial charge < -0.3 is 15.1 Å². The second kappa shape index (κ2) is 10.9. The van der Waals surface area contributed by atoms with Crippen LogP contribution in [0.2, 0.25) is 0 Å². The highest BCUT2D eigenvalue weighted by atomic mass is 16.2. The van der Waals surface area contributed by atoms with Gasteiger partial charge in [0.05, 0.1) is 0 Å². The van der Waals surface area contributed by atoms with Crippen LogP contribution in [0.15, 0.2) is 24.3 Å². The van der Waals surface area contributed by atoms with Gasteiger partial charge in [-0.1, -0.05) is 57.4 Å². The summed E-state index contributed by atoms with van der Waals surface area (Å²) in [4.78, 5) is 30.2. The predicted molar refractivity (Wildman–Crippen MR) is 121 cm³/mol. The number of fused-ring (bicyclic) bond motifs is 1. The highest BCUT2D eigenvalue weighted by molar-refractivity contribution is 5.88. The Balaban J connectivity index is 1.54. The number of hydrogen-bond donors (Lipinski definition) is 1. The third-order valence-electron chi connectivity index (χ3n) is 6.64. The molecule has 0 aromatic heterocycles. The number of carbonyl (C=O) groups is 2. The van der Waals surface area contributed by atoms with Crippen LogP contribution in [0.5, 0.6) is 0 Å². The van der Waals surface area contributed by atoms with Crippen molar-refractivity contribution in [1.29, 1.82) is 0 Å². The van der Waals surface area contributed by atoms with Crippen LogP contribution in [-0.4, -0.2) is 53.8 Å². The first-order valence-corrected chi connectivity index (χ1v) is 11.8. The third-order valence-corrected chi connectivity index (χ3v) is 6.64. The predicted octanol–water partition coefficient (Wildman–Crippen LogP) is 3.76. The molecule has 3 rings (SSSR count). The fourth-order valence-corrected chi connectivity index (χ4v) is 4.85. The molecule has 30 heavy (non-hydrogen) atoms. The van der Waals surface area contributed by atoms with Crippen LogP contribution in [0, 0.1) is 5.92 Å². The number of amides is 2. The molecule has 1 N–H and O–H groups in total. The summed E-state index contributed by atoms with van der Waals surface area (Å²) in [7, 11) is 2.21. The van der Waals surface area contributed by atoms with Gasteiger partial charge in [0.25, 0.3) is 0 Å². The molecule has 0 saturated heterocycles. The summed E-state index contributed by atoms with van der Waals surface area (Å²) in [6.45, 7) is 6.31. The first-order valence-electron chi connectivity index (χ1n) is 11.8. The zero-order valence-electron chi connectivity index (χ0n) is 19.0. The van der Waals surface area contributed by atoms with Crippen LogP contribution >= 0.6 is 0 Å². The molecular formula is C25H39N3O2. The lowest BCUT2D eigenvalue weighted by atomic mass is 9.92. The minimum Gasteiger partial charge on any atom is -0.354 e. The second-order valence-corrected chi connectivity index (χ2v) is 9.53. The molecule has 1 aromatic rings. The van der Waals surface area contributed by atoms with E-state index >= 15 is 0 Å². The van der Waals surface area contributed by atoms with Gasteiger partial charge in [-0.25, -0.2) is 0 Å². The van der Waals surface area contributed by atoms with E-state index in [2.05, 4.69) is 29.4 Å². The molecule has 0 radical (unpaired) electrons. The van der Waals surface area contributed by atoms with Crippen molar-refractivity contribution in [2.75, 3.05) is 20.1 Å². The molecule has 1 unspecified atom stereocenters. The van der Waals surface area contributed by atoms with Crippen molar-refractivity contribution in [3.8, 4) is 0 Å². The number of carbonyl (C=O) groups excluding carboxylic acids is 2. The summed E-state index contributed by atoms with van der Waals surface area (Å²) in [5, 5.41) is 3.12. The first-order chi connectivity index (χ1) is 14.5. The van der Waals surface area contributed by atoms with E-state index in [9.17, 15) is 9.59 Å². The first kappa shape index (κ1) is 22.8. The Labute approximate surface area is 182 Å². The van der Waals surface area contributed by atoms with E-state index in [4.69, 9.17) is 0 Å². The molecule has 1 fully saturated rings. The average molecular weight is 414 g/mol. The Kier molecular flexibility index (Phi) is 8.32. The number of rotatable bonds is 8. The van der Waals surface area contributed by atoms with Crippen LogP contribution in [-0.2, 0) is 22.6 Å². The van der Waals surface area contributed by atoms with E-state index in [0.29, 0.717) is 32.0 Å². The van der Waals surface area contributed by atoms with Crippen LogP contribution in [0.3, 0.4) is 0 Å². The average Bonchev–Trinajstić information content (AvgIpc) is 2.75. The molecule has 1 aliphatic carbocycles. The van der Waals surface area contributed by atoms with Crippen LogP contribution in [0.25, 0.3) is 0 Å². The van der Waals surface area contributed by atoms with Crippen molar-refractivity contribution >= 4 is 11.8 Å². The van der Waals surface area contributed by atoms with Gasteiger partial charge in [0.2, 0.25) is 11.8 Å². The lowest BCUT2D eigenvalue weighted by molar-refractivity contribution is -0.142. The van der Waals surface area contributed by atoms with Crippen molar-refractivity contribution < 1.29 is 9.59 Å². The molecule has 166 valence electrons. The van der Waals surface area contributed by atoms with Gasteiger partial charge in [-0.2, -0.15) is 0 Å². The molecule has 1 aliphatic heterocycles. The number of nitrogens with zero attached hydrogens (tertiary/aromatic N) is 2. The van der Waals surface area contributed by atoms with Gasteiger partial charge in [0.15, 0.2) is 0 Å². The number of benzene rings is 1. The summed E-state index contributed by atoms with van der Waals surface area (Å²) in [6.07, 6.45) is 8.70. The zero-order chi connectivity index (χ0) is 21.5. The smallest absolute Gasteiger partial charge is 0.243 e. The van der Waals surface area contributed by atoms with Crippen LogP contribution in [0.1, 0.15) is 69.9 Å². The van der Waals surface area contributed by atoms with E-state index in [1.54, 1.807) is 4.90 Å². The van der Waals surface area contributed by atoms with Gasteiger partial charge in [0, 0.05) is 32.0 Å². The normalized spacial score (nSPS) is 19.8. The Morgan fingerprint density at radius 1 is 1.13 bits per heavy atom. The second-order valence-electron chi connectivity index (χ2n) is 9.53. The maximum absolute atomic E-state index is 13.0. The van der Waals surface area contributed by atoms with Crippen molar-refractivity contribution in [3.63, 3.8) is 0 Å². The van der Waals surface area contributed by atoms with Crippen molar-refractivity contribution in [3.05, 3.63) is 35.4 Å². The zero-order valence-corrected chi connectivity index (χ0v) is 19.0. The topological polar surface area (TPSA) is 52.7 Å². The molecular weight excluding hydrogens is 374 g/mol. The van der Waals surface area contributed by atoms with Crippen LogP contribution < -0.4 is 5.32 Å².